The molecule has 2 aliphatic rings. The molecule has 0 amide bonds. The summed E-state index contributed by atoms with van der Waals surface area (Å²) < 4.78 is 2.60. The number of fused-ring (bicyclic) bond motifs is 15. The van der Waals surface area contributed by atoms with Gasteiger partial charge in [0.05, 0.1) is 11.1 Å². The molecule has 3 heteroatoms. The fraction of sp³-hybridized carbons (Fsp3) is 0.0169. The minimum Gasteiger partial charge on any atom is -0.310 e. The molecule has 62 heavy (non-hydrogen) atoms. The number of nitrogens with zero attached hydrogens (tertiary/aromatic N) is 2. The van der Waals surface area contributed by atoms with Gasteiger partial charge in [0.15, 0.2) is 0 Å². The Morgan fingerprint density at radius 3 is 1.56 bits per heavy atom. The van der Waals surface area contributed by atoms with Gasteiger partial charge < -0.3 is 9.80 Å². The Hall–Kier alpha value is -7.72. The molecular formula is C59H38N2S. The van der Waals surface area contributed by atoms with Crippen LogP contribution >= 0.6 is 11.3 Å². The highest BCUT2D eigenvalue weighted by Gasteiger charge is 2.54. The third-order valence-corrected chi connectivity index (χ3v) is 14.3. The highest BCUT2D eigenvalue weighted by molar-refractivity contribution is 7.25. The average molecular weight is 807 g/mol. The molecular weight excluding hydrogens is 769 g/mol. The summed E-state index contributed by atoms with van der Waals surface area (Å²) in [5.74, 6) is 0. The molecule has 1 spiro atoms. The second-order valence-corrected chi connectivity index (χ2v) is 17.5. The molecule has 11 aromatic rings. The monoisotopic (exact) mass is 806 g/mol. The molecule has 1 heterocycles. The lowest BCUT2D eigenvalue weighted by Crippen LogP contribution is -2.28. The summed E-state index contributed by atoms with van der Waals surface area (Å²) in [5, 5.41) is 5.10. The first-order chi connectivity index (χ1) is 30.8. The van der Waals surface area contributed by atoms with Crippen LogP contribution in [0.3, 0.4) is 0 Å². The summed E-state index contributed by atoms with van der Waals surface area (Å²) in [6.45, 7) is 0. The molecule has 0 radical (unpaired) electrons. The molecule has 13 rings (SSSR count). The van der Waals surface area contributed by atoms with Crippen molar-refractivity contribution in [1.29, 1.82) is 0 Å². The fourth-order valence-electron chi connectivity index (χ4n) is 10.8. The van der Waals surface area contributed by atoms with Gasteiger partial charge in [-0.2, -0.15) is 0 Å². The standard InChI is InChI=1S/C59H38N2S/c1-4-19-40(20-5-1)60(44-32-34-48-47-27-14-17-31-55(47)62-56(48)38-44)43-33-35-53-50(37-43)46-26-12-15-29-51(46)59(53)52-30-16-13-28-49(52)57-45-25-11-10-18-39(45)36-54(58(57)59)61(41-21-6-2-7-22-41)42-23-8-3-9-24-42/h1-38H. The van der Waals surface area contributed by atoms with Crippen molar-refractivity contribution in [2.45, 2.75) is 5.41 Å². The van der Waals surface area contributed by atoms with Gasteiger partial charge in [0.25, 0.3) is 0 Å². The van der Waals surface area contributed by atoms with Gasteiger partial charge in [0.2, 0.25) is 0 Å². The predicted octanol–water partition coefficient (Wildman–Crippen LogP) is 16.5. The first kappa shape index (κ1) is 35.1. The molecule has 2 aliphatic carbocycles. The Morgan fingerprint density at radius 2 is 0.839 bits per heavy atom. The number of hydrogen-bond acceptors (Lipinski definition) is 3. The zero-order valence-corrected chi connectivity index (χ0v) is 34.6. The first-order valence-electron chi connectivity index (χ1n) is 21.3. The van der Waals surface area contributed by atoms with E-state index in [1.807, 2.05) is 11.3 Å². The Kier molecular flexibility index (Phi) is 7.72. The Labute approximate surface area is 364 Å². The van der Waals surface area contributed by atoms with Crippen LogP contribution in [0.2, 0.25) is 0 Å². The lowest BCUT2D eigenvalue weighted by Gasteiger charge is -2.36. The molecule has 1 unspecified atom stereocenters. The molecule has 0 saturated carbocycles. The summed E-state index contributed by atoms with van der Waals surface area (Å²) in [4.78, 5) is 4.91. The quantitative estimate of drug-likeness (QED) is 0.165. The normalized spacial score (nSPS) is 14.5. The van der Waals surface area contributed by atoms with E-state index in [1.165, 1.54) is 81.1 Å². The zero-order chi connectivity index (χ0) is 40.8. The van der Waals surface area contributed by atoms with Crippen LogP contribution in [0.25, 0.3) is 53.2 Å². The minimum absolute atomic E-state index is 0.592. The van der Waals surface area contributed by atoms with E-state index in [0.29, 0.717) is 0 Å². The van der Waals surface area contributed by atoms with Gasteiger partial charge in [0.1, 0.15) is 0 Å². The van der Waals surface area contributed by atoms with Gasteiger partial charge in [-0.1, -0.05) is 158 Å². The summed E-state index contributed by atoms with van der Waals surface area (Å²) in [6.07, 6.45) is 0. The molecule has 0 fully saturated rings. The Morgan fingerprint density at radius 1 is 0.323 bits per heavy atom. The maximum Gasteiger partial charge on any atom is 0.0746 e. The number of anilines is 6. The van der Waals surface area contributed by atoms with Crippen molar-refractivity contribution in [2.75, 3.05) is 9.80 Å². The topological polar surface area (TPSA) is 6.48 Å². The molecule has 0 N–H and O–H groups in total. The van der Waals surface area contributed by atoms with E-state index in [-0.39, 0.29) is 0 Å². The highest BCUT2D eigenvalue weighted by atomic mass is 32.1. The third kappa shape index (κ3) is 4.97. The summed E-state index contributed by atoms with van der Waals surface area (Å²) in [6, 6.07) is 85.3. The minimum atomic E-state index is -0.592. The van der Waals surface area contributed by atoms with Gasteiger partial charge in [-0.25, -0.2) is 0 Å². The van der Waals surface area contributed by atoms with E-state index in [4.69, 9.17) is 0 Å². The third-order valence-electron chi connectivity index (χ3n) is 13.2. The van der Waals surface area contributed by atoms with Crippen LogP contribution < -0.4 is 9.80 Å². The summed E-state index contributed by atoms with van der Waals surface area (Å²) in [7, 11) is 0. The molecule has 0 aliphatic heterocycles. The van der Waals surface area contributed by atoms with Gasteiger partial charge in [-0.15, -0.1) is 11.3 Å². The lowest BCUT2D eigenvalue weighted by molar-refractivity contribution is 0.793. The van der Waals surface area contributed by atoms with Crippen molar-refractivity contribution in [3.05, 3.63) is 253 Å². The summed E-state index contributed by atoms with van der Waals surface area (Å²) >= 11 is 1.86. The number of thiophene rings is 1. The second kappa shape index (κ2) is 13.7. The van der Waals surface area contributed by atoms with Crippen LogP contribution in [0.4, 0.5) is 34.1 Å². The van der Waals surface area contributed by atoms with E-state index >= 15 is 0 Å². The van der Waals surface area contributed by atoms with Gasteiger partial charge in [0, 0.05) is 54.2 Å². The van der Waals surface area contributed by atoms with Crippen molar-refractivity contribution in [3.8, 4) is 22.3 Å². The Balaban J connectivity index is 1.11. The molecule has 1 atom stereocenters. The first-order valence-corrected chi connectivity index (χ1v) is 22.2. The molecule has 0 saturated heterocycles. The van der Waals surface area contributed by atoms with Crippen molar-refractivity contribution < 1.29 is 0 Å². The van der Waals surface area contributed by atoms with Gasteiger partial charge in [-0.3, -0.25) is 0 Å². The van der Waals surface area contributed by atoms with Crippen molar-refractivity contribution >= 4 is 76.4 Å². The van der Waals surface area contributed by atoms with Crippen LogP contribution in [-0.2, 0) is 5.41 Å². The maximum absolute atomic E-state index is 2.48. The van der Waals surface area contributed by atoms with E-state index in [1.54, 1.807) is 0 Å². The van der Waals surface area contributed by atoms with E-state index in [9.17, 15) is 0 Å². The molecule has 0 bridgehead atoms. The fourth-order valence-corrected chi connectivity index (χ4v) is 11.9. The van der Waals surface area contributed by atoms with Crippen LogP contribution in [-0.4, -0.2) is 0 Å². The lowest BCUT2D eigenvalue weighted by atomic mass is 9.69. The number of rotatable bonds is 6. The smallest absolute Gasteiger partial charge is 0.0746 e. The maximum atomic E-state index is 2.48. The van der Waals surface area contributed by atoms with Crippen molar-refractivity contribution in [3.63, 3.8) is 0 Å². The predicted molar refractivity (Wildman–Crippen MR) is 263 cm³/mol. The van der Waals surface area contributed by atoms with E-state index in [0.717, 1.165) is 28.4 Å². The summed E-state index contributed by atoms with van der Waals surface area (Å²) in [5.41, 5.74) is 16.6. The molecule has 1 aromatic heterocycles. The van der Waals surface area contributed by atoms with Crippen LogP contribution in [0.1, 0.15) is 22.3 Å². The van der Waals surface area contributed by atoms with E-state index < -0.39 is 5.41 Å². The molecule has 2 nitrogen and oxygen atoms in total. The number of hydrogen-bond donors (Lipinski definition) is 0. The Bertz CT molecular complexity index is 3500. The second-order valence-electron chi connectivity index (χ2n) is 16.4. The molecule has 10 aromatic carbocycles. The zero-order valence-electron chi connectivity index (χ0n) is 33.7. The number of para-hydroxylation sites is 3. The molecule has 290 valence electrons. The van der Waals surface area contributed by atoms with Crippen LogP contribution in [0.5, 0.6) is 0 Å². The van der Waals surface area contributed by atoms with Gasteiger partial charge in [-0.05, 0) is 123 Å². The highest BCUT2D eigenvalue weighted by Crippen LogP contribution is 2.67. The van der Waals surface area contributed by atoms with E-state index in [2.05, 4.69) is 240 Å². The SMILES string of the molecule is c1ccc(N(c2ccc3c(c2)-c2ccccc2C32c3ccccc3-c3c2c(N(c2ccccc2)c2ccccc2)cc2ccccc32)c2ccc3c(c2)sc2ccccc23)cc1. The number of benzene rings is 10. The average Bonchev–Trinajstić information content (AvgIpc) is 3.97. The largest absolute Gasteiger partial charge is 0.310 e. The van der Waals surface area contributed by atoms with Crippen molar-refractivity contribution in [1.82, 2.24) is 0 Å². The van der Waals surface area contributed by atoms with Crippen LogP contribution in [0.15, 0.2) is 231 Å². The van der Waals surface area contributed by atoms with Gasteiger partial charge >= 0.3 is 0 Å². The van der Waals surface area contributed by atoms with Crippen molar-refractivity contribution in [2.24, 2.45) is 0 Å². The van der Waals surface area contributed by atoms with Crippen LogP contribution in [0, 0.1) is 0 Å².